The number of fused-ring (bicyclic) bond motifs is 1. The Hall–Kier alpha value is -2.09. The summed E-state index contributed by atoms with van der Waals surface area (Å²) in [5.41, 5.74) is 3.34. The zero-order valence-corrected chi connectivity index (χ0v) is 19.1. The number of carbonyl (C=O) groups is 1. The molecule has 30 heavy (non-hydrogen) atoms. The zero-order valence-electron chi connectivity index (χ0n) is 17.5. The Morgan fingerprint density at radius 3 is 2.80 bits per heavy atom. The van der Waals surface area contributed by atoms with E-state index in [4.69, 9.17) is 14.5 Å². The summed E-state index contributed by atoms with van der Waals surface area (Å²) < 4.78 is 12.2. The normalized spacial score (nSPS) is 16.2. The minimum Gasteiger partial charge on any atom is -0.497 e. The Labute approximate surface area is 185 Å². The predicted octanol–water partition coefficient (Wildman–Crippen LogP) is 5.23. The van der Waals surface area contributed by atoms with Crippen molar-refractivity contribution in [3.05, 3.63) is 47.5 Å². The fourth-order valence-electron chi connectivity index (χ4n) is 3.65. The molecular formula is C23H26N2O3S2. The minimum absolute atomic E-state index is 0.0553. The Balaban J connectivity index is 1.55. The predicted molar refractivity (Wildman–Crippen MR) is 124 cm³/mol. The van der Waals surface area contributed by atoms with Gasteiger partial charge in [0.15, 0.2) is 5.13 Å². The van der Waals surface area contributed by atoms with Crippen LogP contribution < -0.4 is 9.64 Å². The van der Waals surface area contributed by atoms with Crippen molar-refractivity contribution >= 4 is 44.4 Å². The molecule has 0 radical (unpaired) electrons. The van der Waals surface area contributed by atoms with Crippen molar-refractivity contribution in [3.63, 3.8) is 0 Å². The first-order chi connectivity index (χ1) is 14.5. The first kappa shape index (κ1) is 21.2. The molecule has 1 amide bonds. The van der Waals surface area contributed by atoms with Gasteiger partial charge in [-0.05, 0) is 68.1 Å². The topological polar surface area (TPSA) is 51.7 Å². The molecule has 3 aromatic rings. The second-order valence-corrected chi connectivity index (χ2v) is 9.56. The maximum absolute atomic E-state index is 13.2. The quantitative estimate of drug-likeness (QED) is 0.469. The molecule has 0 bridgehead atoms. The summed E-state index contributed by atoms with van der Waals surface area (Å²) in [6.45, 7) is 5.50. The van der Waals surface area contributed by atoms with Crippen molar-refractivity contribution in [1.82, 2.24) is 4.98 Å². The van der Waals surface area contributed by atoms with Gasteiger partial charge in [0.05, 0.1) is 35.7 Å². The van der Waals surface area contributed by atoms with Crippen molar-refractivity contribution in [2.24, 2.45) is 0 Å². The molecule has 5 nitrogen and oxygen atoms in total. The zero-order chi connectivity index (χ0) is 21.1. The number of anilines is 1. The van der Waals surface area contributed by atoms with Crippen LogP contribution >= 0.6 is 23.1 Å². The van der Waals surface area contributed by atoms with Crippen LogP contribution in [0.2, 0.25) is 0 Å². The summed E-state index contributed by atoms with van der Waals surface area (Å²) in [6, 6.07) is 12.0. The molecule has 2 heterocycles. The van der Waals surface area contributed by atoms with Gasteiger partial charge in [0, 0.05) is 11.5 Å². The number of hydrogen-bond acceptors (Lipinski definition) is 6. The van der Waals surface area contributed by atoms with Gasteiger partial charge in [-0.3, -0.25) is 9.69 Å². The lowest BCUT2D eigenvalue weighted by molar-refractivity contribution is -0.116. The van der Waals surface area contributed by atoms with Gasteiger partial charge < -0.3 is 9.47 Å². The highest BCUT2D eigenvalue weighted by Crippen LogP contribution is 2.33. The van der Waals surface area contributed by atoms with E-state index in [1.54, 1.807) is 18.4 Å². The smallest absolute Gasteiger partial charge is 0.239 e. The standard InChI is InChI=1S/C23H26N2O3S2/c1-15-11-16(2)22-20(12-15)24-23(30-22)25(13-18-5-4-10-28-18)21(26)14-29-19-8-6-17(27-3)7-9-19/h6-9,11-12,18H,4-5,10,13-14H2,1-3H3. The molecule has 0 N–H and O–H groups in total. The summed E-state index contributed by atoms with van der Waals surface area (Å²) in [4.78, 5) is 20.9. The number of carbonyl (C=O) groups excluding carboxylic acids is 1. The van der Waals surface area contributed by atoms with Crippen LogP contribution in [-0.4, -0.2) is 43.0 Å². The minimum atomic E-state index is 0.0553. The van der Waals surface area contributed by atoms with Gasteiger partial charge in [0.2, 0.25) is 5.91 Å². The van der Waals surface area contributed by atoms with E-state index in [1.807, 2.05) is 29.2 Å². The number of amides is 1. The first-order valence-electron chi connectivity index (χ1n) is 10.1. The molecule has 0 saturated carbocycles. The second kappa shape index (κ2) is 9.37. The van der Waals surface area contributed by atoms with Gasteiger partial charge in [-0.15, -0.1) is 11.8 Å². The van der Waals surface area contributed by atoms with E-state index in [-0.39, 0.29) is 12.0 Å². The largest absolute Gasteiger partial charge is 0.497 e. The van der Waals surface area contributed by atoms with Gasteiger partial charge in [0.25, 0.3) is 0 Å². The number of thioether (sulfide) groups is 1. The van der Waals surface area contributed by atoms with E-state index in [0.717, 1.165) is 45.4 Å². The van der Waals surface area contributed by atoms with Crippen LogP contribution in [0.3, 0.4) is 0 Å². The molecule has 0 aliphatic carbocycles. The monoisotopic (exact) mass is 442 g/mol. The van der Waals surface area contributed by atoms with Crippen LogP contribution in [0.4, 0.5) is 5.13 Å². The third kappa shape index (κ3) is 4.79. The van der Waals surface area contributed by atoms with Crippen LogP contribution in [0, 0.1) is 13.8 Å². The van der Waals surface area contributed by atoms with Gasteiger partial charge in [-0.25, -0.2) is 4.98 Å². The number of aryl methyl sites for hydroxylation is 2. The summed E-state index contributed by atoms with van der Waals surface area (Å²) in [7, 11) is 1.65. The number of ether oxygens (including phenoxy) is 2. The van der Waals surface area contributed by atoms with Crippen LogP contribution in [0.1, 0.15) is 24.0 Å². The van der Waals surface area contributed by atoms with Crippen LogP contribution in [-0.2, 0) is 9.53 Å². The van der Waals surface area contributed by atoms with Gasteiger partial charge in [-0.2, -0.15) is 0 Å². The Bertz CT molecular complexity index is 1030. The van der Waals surface area contributed by atoms with Crippen molar-refractivity contribution in [2.75, 3.05) is 30.9 Å². The average Bonchev–Trinajstić information content (AvgIpc) is 3.40. The highest BCUT2D eigenvalue weighted by atomic mass is 32.2. The lowest BCUT2D eigenvalue weighted by Crippen LogP contribution is -2.38. The lowest BCUT2D eigenvalue weighted by atomic mass is 10.1. The molecule has 1 aliphatic rings. The Morgan fingerprint density at radius 1 is 1.30 bits per heavy atom. The molecule has 158 valence electrons. The van der Waals surface area contributed by atoms with E-state index >= 15 is 0 Å². The van der Waals surface area contributed by atoms with Gasteiger partial charge >= 0.3 is 0 Å². The summed E-state index contributed by atoms with van der Waals surface area (Å²) in [5.74, 6) is 1.22. The van der Waals surface area contributed by atoms with Crippen LogP contribution in [0.15, 0.2) is 41.3 Å². The van der Waals surface area contributed by atoms with E-state index in [9.17, 15) is 4.79 Å². The van der Waals surface area contributed by atoms with E-state index in [2.05, 4.69) is 26.0 Å². The number of hydrogen-bond donors (Lipinski definition) is 0. The van der Waals surface area contributed by atoms with Gasteiger partial charge in [-0.1, -0.05) is 17.4 Å². The number of rotatable bonds is 7. The van der Waals surface area contributed by atoms with E-state index in [0.29, 0.717) is 12.3 Å². The molecule has 0 spiro atoms. The number of methoxy groups -OCH3 is 1. The third-order valence-corrected chi connectivity index (χ3v) is 7.40. The highest BCUT2D eigenvalue weighted by Gasteiger charge is 2.26. The molecule has 1 fully saturated rings. The summed E-state index contributed by atoms with van der Waals surface area (Å²) in [5, 5.41) is 0.759. The van der Waals surface area contributed by atoms with Gasteiger partial charge in [0.1, 0.15) is 5.75 Å². The van der Waals surface area contributed by atoms with Crippen molar-refractivity contribution in [3.8, 4) is 5.75 Å². The maximum atomic E-state index is 13.2. The number of nitrogens with zero attached hydrogens (tertiary/aromatic N) is 2. The van der Waals surface area contributed by atoms with E-state index in [1.165, 1.54) is 22.9 Å². The molecule has 7 heteroatoms. The molecule has 1 aliphatic heterocycles. The Morgan fingerprint density at radius 2 is 2.10 bits per heavy atom. The highest BCUT2D eigenvalue weighted by molar-refractivity contribution is 8.00. The van der Waals surface area contributed by atoms with Crippen LogP contribution in [0.5, 0.6) is 5.75 Å². The second-order valence-electron chi connectivity index (χ2n) is 7.53. The maximum Gasteiger partial charge on any atom is 0.239 e. The molecular weight excluding hydrogens is 416 g/mol. The van der Waals surface area contributed by atoms with E-state index < -0.39 is 0 Å². The average molecular weight is 443 g/mol. The summed E-state index contributed by atoms with van der Waals surface area (Å²) >= 11 is 3.12. The summed E-state index contributed by atoms with van der Waals surface area (Å²) in [6.07, 6.45) is 2.11. The van der Waals surface area contributed by atoms with Crippen LogP contribution in [0.25, 0.3) is 10.2 Å². The number of aromatic nitrogens is 1. The first-order valence-corrected chi connectivity index (χ1v) is 11.9. The molecule has 2 aromatic carbocycles. The third-order valence-electron chi connectivity index (χ3n) is 5.17. The number of thiazole rings is 1. The molecule has 4 rings (SSSR count). The Kier molecular flexibility index (Phi) is 6.61. The van der Waals surface area contributed by atoms with Crippen molar-refractivity contribution in [2.45, 2.75) is 37.7 Å². The van der Waals surface area contributed by atoms with Crippen molar-refractivity contribution < 1.29 is 14.3 Å². The molecule has 1 aromatic heterocycles. The molecule has 1 unspecified atom stereocenters. The SMILES string of the molecule is COc1ccc(SCC(=O)N(CC2CCCO2)c2nc3cc(C)cc(C)c3s2)cc1. The number of benzene rings is 2. The molecule has 1 atom stereocenters. The van der Waals surface area contributed by atoms with Crippen molar-refractivity contribution in [1.29, 1.82) is 0 Å². The fraction of sp³-hybridized carbons (Fsp3) is 0.391. The lowest BCUT2D eigenvalue weighted by Gasteiger charge is -2.23. The molecule has 1 saturated heterocycles. The fourth-order valence-corrected chi connectivity index (χ4v) is 5.47.